The number of ether oxygens (including phenoxy) is 1. The number of anilines is 2. The summed E-state index contributed by atoms with van der Waals surface area (Å²) in [5.74, 6) is -3.31. The standard InChI is InChI=1S/C12H16N2O5S/c1-8-3-4-10(9(13)5-8)14-11(15)6-20(17,18)7-12(16)19-2/h3-5H,6-7,13H2,1-2H3,(H,14,15). The van der Waals surface area contributed by atoms with E-state index in [9.17, 15) is 18.0 Å². The molecule has 0 radical (unpaired) electrons. The van der Waals surface area contributed by atoms with Gasteiger partial charge in [-0.1, -0.05) is 6.07 Å². The van der Waals surface area contributed by atoms with E-state index >= 15 is 0 Å². The summed E-state index contributed by atoms with van der Waals surface area (Å²) in [4.78, 5) is 22.5. The topological polar surface area (TPSA) is 116 Å². The molecule has 0 aliphatic heterocycles. The van der Waals surface area contributed by atoms with Crippen molar-refractivity contribution in [3.63, 3.8) is 0 Å². The molecule has 20 heavy (non-hydrogen) atoms. The average molecular weight is 300 g/mol. The number of methoxy groups -OCH3 is 1. The molecular weight excluding hydrogens is 284 g/mol. The Hall–Kier alpha value is -2.09. The van der Waals surface area contributed by atoms with Gasteiger partial charge in [0, 0.05) is 0 Å². The van der Waals surface area contributed by atoms with Gasteiger partial charge in [-0.2, -0.15) is 0 Å². The zero-order valence-corrected chi connectivity index (χ0v) is 12.0. The number of carbonyl (C=O) groups excluding carboxylic acids is 2. The van der Waals surface area contributed by atoms with E-state index in [0.717, 1.165) is 12.7 Å². The van der Waals surface area contributed by atoms with E-state index in [1.54, 1.807) is 18.2 Å². The van der Waals surface area contributed by atoms with E-state index in [-0.39, 0.29) is 0 Å². The highest BCUT2D eigenvalue weighted by Gasteiger charge is 2.21. The maximum Gasteiger partial charge on any atom is 0.320 e. The van der Waals surface area contributed by atoms with Crippen LogP contribution >= 0.6 is 0 Å². The average Bonchev–Trinajstić information content (AvgIpc) is 2.31. The Morgan fingerprint density at radius 2 is 1.95 bits per heavy atom. The van der Waals surface area contributed by atoms with Gasteiger partial charge in [0.2, 0.25) is 5.91 Å². The molecule has 3 N–H and O–H groups in total. The fourth-order valence-corrected chi connectivity index (χ4v) is 2.52. The normalized spacial score (nSPS) is 10.9. The molecule has 0 heterocycles. The summed E-state index contributed by atoms with van der Waals surface area (Å²) >= 11 is 0. The molecule has 110 valence electrons. The Labute approximate surface area is 117 Å². The van der Waals surface area contributed by atoms with Gasteiger partial charge in [-0.05, 0) is 24.6 Å². The van der Waals surface area contributed by atoms with E-state index in [0.29, 0.717) is 11.4 Å². The Morgan fingerprint density at radius 3 is 2.50 bits per heavy atom. The highest BCUT2D eigenvalue weighted by Crippen LogP contribution is 2.19. The second-order valence-corrected chi connectivity index (χ2v) is 6.31. The number of aryl methyl sites for hydroxylation is 1. The van der Waals surface area contributed by atoms with Crippen LogP contribution in [0.3, 0.4) is 0 Å². The van der Waals surface area contributed by atoms with Crippen molar-refractivity contribution in [2.24, 2.45) is 0 Å². The lowest BCUT2D eigenvalue weighted by Gasteiger charge is -2.09. The van der Waals surface area contributed by atoms with Crippen LogP contribution in [0.4, 0.5) is 11.4 Å². The minimum atomic E-state index is -3.86. The summed E-state index contributed by atoms with van der Waals surface area (Å²) in [5, 5.41) is 2.39. The molecule has 0 saturated heterocycles. The first-order valence-electron chi connectivity index (χ1n) is 5.67. The van der Waals surface area contributed by atoms with Gasteiger partial charge in [-0.3, -0.25) is 9.59 Å². The van der Waals surface area contributed by atoms with Crippen molar-refractivity contribution in [3.05, 3.63) is 23.8 Å². The van der Waals surface area contributed by atoms with Crippen LogP contribution in [0, 0.1) is 6.92 Å². The predicted octanol–water partition coefficient (Wildman–Crippen LogP) is 0.104. The summed E-state index contributed by atoms with van der Waals surface area (Å²) in [5.41, 5.74) is 7.28. The molecule has 1 aromatic rings. The molecule has 8 heteroatoms. The minimum absolute atomic E-state index is 0.328. The molecule has 0 saturated carbocycles. The van der Waals surface area contributed by atoms with Crippen LogP contribution in [0.15, 0.2) is 18.2 Å². The van der Waals surface area contributed by atoms with Crippen molar-refractivity contribution in [2.45, 2.75) is 6.92 Å². The summed E-state index contributed by atoms with van der Waals surface area (Å²) in [7, 11) is -2.79. The highest BCUT2D eigenvalue weighted by atomic mass is 32.2. The van der Waals surface area contributed by atoms with Crippen LogP contribution in [0.25, 0.3) is 0 Å². The molecule has 0 unspecified atom stereocenters. The van der Waals surface area contributed by atoms with Crippen LogP contribution in [-0.4, -0.2) is 38.9 Å². The zero-order chi connectivity index (χ0) is 15.3. The van der Waals surface area contributed by atoms with Gasteiger partial charge in [-0.25, -0.2) is 8.42 Å². The minimum Gasteiger partial charge on any atom is -0.468 e. The third-order valence-electron chi connectivity index (χ3n) is 2.40. The third-order valence-corrected chi connectivity index (χ3v) is 3.78. The lowest BCUT2D eigenvalue weighted by atomic mass is 10.2. The Kier molecular flexibility index (Phi) is 5.09. The van der Waals surface area contributed by atoms with E-state index in [1.807, 2.05) is 6.92 Å². The van der Waals surface area contributed by atoms with Gasteiger partial charge in [-0.15, -0.1) is 0 Å². The number of nitrogens with one attached hydrogen (secondary N) is 1. The van der Waals surface area contributed by atoms with Gasteiger partial charge in [0.15, 0.2) is 9.84 Å². The Balaban J connectivity index is 2.70. The maximum atomic E-state index is 11.6. The number of sulfone groups is 1. The number of nitrogen functional groups attached to an aromatic ring is 1. The summed E-state index contributed by atoms with van der Waals surface area (Å²) < 4.78 is 27.3. The number of hydrogen-bond acceptors (Lipinski definition) is 6. The lowest BCUT2D eigenvalue weighted by Crippen LogP contribution is -2.28. The molecule has 0 aromatic heterocycles. The number of amides is 1. The number of carbonyl (C=O) groups is 2. The quantitative estimate of drug-likeness (QED) is 0.588. The van der Waals surface area contributed by atoms with Crippen LogP contribution in [0.2, 0.25) is 0 Å². The fourth-order valence-electron chi connectivity index (χ4n) is 1.47. The molecule has 0 fully saturated rings. The number of nitrogens with two attached hydrogens (primary N) is 1. The number of benzene rings is 1. The molecule has 1 aromatic carbocycles. The van der Waals surface area contributed by atoms with Crippen molar-refractivity contribution < 1.29 is 22.7 Å². The molecule has 0 spiro atoms. The lowest BCUT2D eigenvalue weighted by molar-refractivity contribution is -0.137. The number of rotatable bonds is 5. The first kappa shape index (κ1) is 16.0. The fraction of sp³-hybridized carbons (Fsp3) is 0.333. The van der Waals surface area contributed by atoms with Crippen molar-refractivity contribution in [1.29, 1.82) is 0 Å². The SMILES string of the molecule is COC(=O)CS(=O)(=O)CC(=O)Nc1ccc(C)cc1N. The van der Waals surface area contributed by atoms with E-state index < -0.39 is 33.2 Å². The first-order chi connectivity index (χ1) is 9.23. The van der Waals surface area contributed by atoms with Crippen molar-refractivity contribution in [3.8, 4) is 0 Å². The van der Waals surface area contributed by atoms with Gasteiger partial charge in [0.05, 0.1) is 18.5 Å². The van der Waals surface area contributed by atoms with Gasteiger partial charge < -0.3 is 15.8 Å². The van der Waals surface area contributed by atoms with E-state index in [2.05, 4.69) is 10.1 Å². The molecule has 0 aliphatic rings. The summed E-state index contributed by atoms with van der Waals surface area (Å²) in [6.07, 6.45) is 0. The summed E-state index contributed by atoms with van der Waals surface area (Å²) in [6, 6.07) is 4.96. The predicted molar refractivity (Wildman–Crippen MR) is 74.9 cm³/mol. The Morgan fingerprint density at radius 1 is 1.30 bits per heavy atom. The monoisotopic (exact) mass is 300 g/mol. The van der Waals surface area contributed by atoms with E-state index in [4.69, 9.17) is 5.73 Å². The zero-order valence-electron chi connectivity index (χ0n) is 11.2. The van der Waals surface area contributed by atoms with Crippen LogP contribution < -0.4 is 11.1 Å². The second kappa shape index (κ2) is 6.38. The molecule has 1 rings (SSSR count). The molecular formula is C12H16N2O5S. The van der Waals surface area contributed by atoms with Gasteiger partial charge in [0.1, 0.15) is 11.5 Å². The van der Waals surface area contributed by atoms with Gasteiger partial charge >= 0.3 is 5.97 Å². The highest BCUT2D eigenvalue weighted by molar-refractivity contribution is 7.92. The van der Waals surface area contributed by atoms with Crippen molar-refractivity contribution >= 4 is 33.1 Å². The van der Waals surface area contributed by atoms with E-state index in [1.165, 1.54) is 0 Å². The van der Waals surface area contributed by atoms with Crippen molar-refractivity contribution in [1.82, 2.24) is 0 Å². The molecule has 0 bridgehead atoms. The smallest absolute Gasteiger partial charge is 0.320 e. The van der Waals surface area contributed by atoms with Crippen LogP contribution in [0.5, 0.6) is 0 Å². The molecule has 1 amide bonds. The third kappa shape index (κ3) is 4.88. The second-order valence-electron chi connectivity index (χ2n) is 4.25. The molecule has 0 atom stereocenters. The molecule has 0 aliphatic carbocycles. The van der Waals surface area contributed by atoms with Crippen LogP contribution in [0.1, 0.15) is 5.56 Å². The molecule has 7 nitrogen and oxygen atoms in total. The number of esters is 1. The maximum absolute atomic E-state index is 11.6. The van der Waals surface area contributed by atoms with Crippen LogP contribution in [-0.2, 0) is 24.2 Å². The Bertz CT molecular complexity index is 625. The largest absolute Gasteiger partial charge is 0.468 e. The number of hydrogen-bond donors (Lipinski definition) is 2. The first-order valence-corrected chi connectivity index (χ1v) is 7.49. The van der Waals surface area contributed by atoms with Gasteiger partial charge in [0.25, 0.3) is 0 Å². The van der Waals surface area contributed by atoms with Crippen molar-refractivity contribution in [2.75, 3.05) is 29.7 Å². The summed E-state index contributed by atoms with van der Waals surface area (Å²) in [6.45, 7) is 1.84.